The molecule has 0 aliphatic rings. The Labute approximate surface area is 43.5 Å². The summed E-state index contributed by atoms with van der Waals surface area (Å²) in [7, 11) is 3.32. The molecule has 0 bridgehead atoms. The maximum atomic E-state index is 4.41. The Bertz CT molecular complexity index is 55.7. The van der Waals surface area contributed by atoms with E-state index in [2.05, 4.69) is 17.0 Å². The van der Waals surface area contributed by atoms with Crippen molar-refractivity contribution < 1.29 is 9.85 Å². The van der Waals surface area contributed by atoms with Crippen molar-refractivity contribution in [3.63, 3.8) is 0 Å². The summed E-state index contributed by atoms with van der Waals surface area (Å²) in [6, 6.07) is 0. The van der Waals surface area contributed by atoms with Gasteiger partial charge in [-0.15, -0.1) is 0 Å². The second-order valence-corrected chi connectivity index (χ2v) is 1.12. The van der Waals surface area contributed by atoms with E-state index in [1.165, 1.54) is 7.11 Å². The molecule has 0 aromatic carbocycles. The van der Waals surface area contributed by atoms with Crippen LogP contribution in [-0.4, -0.2) is 14.2 Å². The highest BCUT2D eigenvalue weighted by Gasteiger charge is 1.71. The fraction of sp³-hybridized carbons (Fsp3) is 0.500. The van der Waals surface area contributed by atoms with Gasteiger partial charge >= 0.3 is 0 Å². The number of nitrogens with one attached hydrogen (secondary N) is 1. The first-order chi connectivity index (χ1) is 3.31. The maximum Gasteiger partial charge on any atom is 0.0787 e. The van der Waals surface area contributed by atoms with Crippen molar-refractivity contribution in [2.75, 3.05) is 14.2 Å². The van der Waals surface area contributed by atoms with Crippen LogP contribution in [0.1, 0.15) is 0 Å². The molecular weight excluding hydrogens is 92.1 g/mol. The highest BCUT2D eigenvalue weighted by atomic mass is 16.7. The van der Waals surface area contributed by atoms with Crippen LogP contribution in [0.4, 0.5) is 0 Å². The van der Waals surface area contributed by atoms with E-state index in [0.29, 0.717) is 0 Å². The van der Waals surface area contributed by atoms with E-state index in [9.17, 15) is 0 Å². The van der Waals surface area contributed by atoms with Gasteiger partial charge in [0.1, 0.15) is 0 Å². The fourth-order valence-corrected chi connectivity index (χ4v) is 0.181. The van der Waals surface area contributed by atoms with Crippen LogP contribution in [0.25, 0.3) is 5.59 Å². The molecule has 3 heteroatoms. The Morgan fingerprint density at radius 3 is 2.57 bits per heavy atom. The van der Waals surface area contributed by atoms with Gasteiger partial charge in [0.2, 0.25) is 0 Å². The summed E-state index contributed by atoms with van der Waals surface area (Å²) in [5, 5.41) is 0.794. The quantitative estimate of drug-likeness (QED) is 0.478. The molecule has 1 atom stereocenters. The third-order valence-corrected chi connectivity index (χ3v) is 0.531. The van der Waals surface area contributed by atoms with Crippen LogP contribution in [0.3, 0.4) is 0 Å². The summed E-state index contributed by atoms with van der Waals surface area (Å²) in [5.41, 5.74) is 3.54. The Hall–Kier alpha value is -0.380. The molecule has 0 rings (SSSR count). The largest absolute Gasteiger partial charge is 0.439 e. The molecule has 0 spiro atoms. The summed E-state index contributed by atoms with van der Waals surface area (Å²) in [4.78, 5) is 4.41. The van der Waals surface area contributed by atoms with Crippen molar-refractivity contribution in [1.82, 2.24) is 0 Å². The third-order valence-electron chi connectivity index (χ3n) is 0.531. The van der Waals surface area contributed by atoms with Gasteiger partial charge in [-0.2, -0.15) is 0 Å². The second-order valence-electron chi connectivity index (χ2n) is 1.12. The van der Waals surface area contributed by atoms with Crippen molar-refractivity contribution >= 4 is 0 Å². The lowest BCUT2D eigenvalue weighted by Gasteiger charge is -2.19. The molecule has 0 fully saturated rings. The van der Waals surface area contributed by atoms with Crippen molar-refractivity contribution in [3.8, 4) is 0 Å². The van der Waals surface area contributed by atoms with Crippen molar-refractivity contribution in [1.29, 1.82) is 0 Å². The van der Waals surface area contributed by atoms with Crippen LogP contribution in [0, 0.1) is 0 Å². The van der Waals surface area contributed by atoms with Crippen LogP contribution in [0.5, 0.6) is 0 Å². The highest BCUT2D eigenvalue weighted by Crippen LogP contribution is 1.63. The Kier molecular flexibility index (Phi) is 3.59. The molecule has 0 saturated carbocycles. The first-order valence-electron chi connectivity index (χ1n) is 2.01. The van der Waals surface area contributed by atoms with Gasteiger partial charge in [-0.05, 0) is 6.58 Å². The Morgan fingerprint density at radius 2 is 2.43 bits per heavy atom. The highest BCUT2D eigenvalue weighted by molar-refractivity contribution is 4.45. The van der Waals surface area contributed by atoms with Gasteiger partial charge in [0, 0.05) is 7.11 Å². The zero-order valence-electron chi connectivity index (χ0n) is 4.64. The van der Waals surface area contributed by atoms with Gasteiger partial charge in [0.15, 0.2) is 0 Å². The smallest absolute Gasteiger partial charge is 0.0787 e. The molecule has 0 aliphatic heterocycles. The average Bonchev–Trinajstić information content (AvgIpc) is 1.68. The SMILES string of the molecule is C=C[NH+](C)[N-]OC. The topological polar surface area (TPSA) is 27.8 Å². The Balaban J connectivity index is 2.98. The number of hydrogen-bond acceptors (Lipinski definition) is 1. The van der Waals surface area contributed by atoms with Crippen LogP contribution in [-0.2, 0) is 4.84 Å². The van der Waals surface area contributed by atoms with E-state index in [1.807, 2.05) is 7.05 Å². The molecular formula is C4H10N2O. The van der Waals surface area contributed by atoms with Crippen LogP contribution in [0.15, 0.2) is 12.8 Å². The molecule has 0 aliphatic carbocycles. The fourth-order valence-electron chi connectivity index (χ4n) is 0.181. The molecule has 7 heavy (non-hydrogen) atoms. The van der Waals surface area contributed by atoms with E-state index in [-0.39, 0.29) is 0 Å². The van der Waals surface area contributed by atoms with Gasteiger partial charge in [-0.25, -0.2) is 0 Å². The van der Waals surface area contributed by atoms with Gasteiger partial charge in [0.25, 0.3) is 0 Å². The summed E-state index contributed by atoms with van der Waals surface area (Å²) >= 11 is 0. The van der Waals surface area contributed by atoms with Gasteiger partial charge < -0.3 is 15.4 Å². The summed E-state index contributed by atoms with van der Waals surface area (Å²) in [6.07, 6.45) is 1.63. The molecule has 0 aromatic rings. The number of quaternary nitrogens is 1. The second kappa shape index (κ2) is 3.80. The van der Waals surface area contributed by atoms with Crippen molar-refractivity contribution in [2.24, 2.45) is 0 Å². The predicted molar refractivity (Wildman–Crippen MR) is 27.5 cm³/mol. The standard InChI is InChI=1S/C4H10N2O/c1-4-6(2)5-7-3/h4,6H,1H2,2-3H3. The van der Waals surface area contributed by atoms with E-state index in [4.69, 9.17) is 0 Å². The zero-order valence-corrected chi connectivity index (χ0v) is 4.64. The first kappa shape index (κ1) is 6.62. The number of nitrogens with zero attached hydrogens (tertiary/aromatic N) is 1. The van der Waals surface area contributed by atoms with E-state index in [0.717, 1.165) is 5.01 Å². The molecule has 0 radical (unpaired) electrons. The van der Waals surface area contributed by atoms with Gasteiger partial charge in [-0.3, -0.25) is 0 Å². The lowest BCUT2D eigenvalue weighted by Crippen LogP contribution is -2.99. The first-order valence-corrected chi connectivity index (χ1v) is 2.01. The van der Waals surface area contributed by atoms with E-state index >= 15 is 0 Å². The van der Waals surface area contributed by atoms with Crippen molar-refractivity contribution in [3.05, 3.63) is 18.4 Å². The zero-order chi connectivity index (χ0) is 5.70. The minimum absolute atomic E-state index is 0.794. The minimum atomic E-state index is 0.794. The molecule has 42 valence electrons. The van der Waals surface area contributed by atoms with Gasteiger partial charge in [0.05, 0.1) is 13.2 Å². The lowest BCUT2D eigenvalue weighted by atomic mass is 11.0. The molecule has 0 amide bonds. The lowest BCUT2D eigenvalue weighted by molar-refractivity contribution is -0.802. The van der Waals surface area contributed by atoms with Crippen molar-refractivity contribution in [2.45, 2.75) is 0 Å². The van der Waals surface area contributed by atoms with Crippen LogP contribution >= 0.6 is 0 Å². The van der Waals surface area contributed by atoms with Crippen LogP contribution < -0.4 is 5.01 Å². The monoisotopic (exact) mass is 102 g/mol. The minimum Gasteiger partial charge on any atom is -0.439 e. The third kappa shape index (κ3) is 3.45. The predicted octanol–water partition coefficient (Wildman–Crippen LogP) is -0.505. The molecule has 0 heterocycles. The number of hydrogen-bond donors (Lipinski definition) is 1. The summed E-state index contributed by atoms with van der Waals surface area (Å²) in [5.74, 6) is 0. The average molecular weight is 102 g/mol. The van der Waals surface area contributed by atoms with Gasteiger partial charge in [-0.1, -0.05) is 0 Å². The number of rotatable bonds is 3. The molecule has 1 N–H and O–H groups in total. The molecule has 0 aromatic heterocycles. The van der Waals surface area contributed by atoms with E-state index in [1.54, 1.807) is 6.20 Å². The molecule has 3 nitrogen and oxygen atoms in total. The van der Waals surface area contributed by atoms with Crippen LogP contribution in [0.2, 0.25) is 0 Å². The molecule has 0 saturated heterocycles. The van der Waals surface area contributed by atoms with E-state index < -0.39 is 0 Å². The summed E-state index contributed by atoms with van der Waals surface area (Å²) < 4.78 is 0. The summed E-state index contributed by atoms with van der Waals surface area (Å²) in [6.45, 7) is 3.47. The normalized spacial score (nSPS) is 13.4. The Morgan fingerprint density at radius 1 is 1.86 bits per heavy atom. The molecule has 1 unspecified atom stereocenters. The maximum absolute atomic E-state index is 4.41.